The standard InChI is InChI=1S/C22H27N5O5/c1-16-20(26-32-25-16)24-19(28)14-27-11-13-31-22(15-27)9-5-4-7-17-6-2-3-8-18(17)30-12-10-23-21(22)29/h2-6,8H,7,9-15H2,1H3,(H,23,29)(H,24,26,28)/b5-4+. The highest BCUT2D eigenvalue weighted by Gasteiger charge is 2.43. The Morgan fingerprint density at radius 1 is 1.25 bits per heavy atom. The number of carbonyl (C=O) groups is 2. The average molecular weight is 441 g/mol. The van der Waals surface area contributed by atoms with Crippen LogP contribution in [0, 0.1) is 6.92 Å². The number of para-hydroxylation sites is 1. The quantitative estimate of drug-likeness (QED) is 0.680. The third kappa shape index (κ3) is 5.14. The summed E-state index contributed by atoms with van der Waals surface area (Å²) in [5, 5.41) is 12.9. The van der Waals surface area contributed by atoms with Gasteiger partial charge in [-0.2, -0.15) is 0 Å². The topological polar surface area (TPSA) is 119 Å². The van der Waals surface area contributed by atoms with Gasteiger partial charge < -0.3 is 20.1 Å². The van der Waals surface area contributed by atoms with E-state index in [1.54, 1.807) is 6.92 Å². The Balaban J connectivity index is 1.44. The number of nitrogens with one attached hydrogen (secondary N) is 2. The molecule has 1 aromatic heterocycles. The SMILES string of the molecule is Cc1nonc1NC(=O)CN1CCOC2(C/C=C/Cc3ccccc3OCCNC2=O)C1. The molecule has 1 unspecified atom stereocenters. The normalized spacial score (nSPS) is 23.2. The number of fused-ring (bicyclic) bond motifs is 1. The number of anilines is 1. The number of amides is 2. The second kappa shape index (κ2) is 9.92. The fourth-order valence-electron chi connectivity index (χ4n) is 3.85. The summed E-state index contributed by atoms with van der Waals surface area (Å²) >= 11 is 0. The fourth-order valence-corrected chi connectivity index (χ4v) is 3.85. The number of aryl methyl sites for hydroxylation is 1. The smallest absolute Gasteiger partial charge is 0.254 e. The zero-order chi connectivity index (χ0) is 22.4. The largest absolute Gasteiger partial charge is 0.491 e. The molecular formula is C22H27N5O5. The first-order chi connectivity index (χ1) is 15.6. The first kappa shape index (κ1) is 22.0. The molecule has 1 fully saturated rings. The summed E-state index contributed by atoms with van der Waals surface area (Å²) in [7, 11) is 0. The molecule has 10 heteroatoms. The number of carbonyl (C=O) groups excluding carboxylic acids is 2. The van der Waals surface area contributed by atoms with Crippen LogP contribution in [0.4, 0.5) is 5.82 Å². The molecule has 1 atom stereocenters. The van der Waals surface area contributed by atoms with E-state index in [0.717, 1.165) is 11.3 Å². The number of rotatable bonds is 3. The molecule has 2 amide bonds. The zero-order valence-corrected chi connectivity index (χ0v) is 18.0. The van der Waals surface area contributed by atoms with Crippen LogP contribution in [0.2, 0.25) is 0 Å². The number of hydrogen-bond donors (Lipinski definition) is 2. The first-order valence-corrected chi connectivity index (χ1v) is 10.6. The predicted octanol–water partition coefficient (Wildman–Crippen LogP) is 1.09. The van der Waals surface area contributed by atoms with Crippen LogP contribution in [0.5, 0.6) is 5.75 Å². The minimum Gasteiger partial charge on any atom is -0.491 e. The maximum Gasteiger partial charge on any atom is 0.254 e. The maximum absolute atomic E-state index is 13.1. The number of ether oxygens (including phenoxy) is 2. The van der Waals surface area contributed by atoms with Crippen molar-refractivity contribution in [1.29, 1.82) is 0 Å². The maximum atomic E-state index is 13.1. The minimum atomic E-state index is -1.07. The Morgan fingerprint density at radius 2 is 2.12 bits per heavy atom. The molecule has 32 heavy (non-hydrogen) atoms. The molecule has 2 aliphatic heterocycles. The Morgan fingerprint density at radius 3 is 2.97 bits per heavy atom. The fraction of sp³-hybridized carbons (Fsp3) is 0.455. The van der Waals surface area contributed by atoms with Gasteiger partial charge in [-0.25, -0.2) is 4.63 Å². The highest BCUT2D eigenvalue weighted by molar-refractivity contribution is 5.92. The lowest BCUT2D eigenvalue weighted by molar-refractivity contribution is -0.160. The van der Waals surface area contributed by atoms with Gasteiger partial charge >= 0.3 is 0 Å². The Labute approximate surface area is 185 Å². The molecule has 0 saturated carbocycles. The van der Waals surface area contributed by atoms with Crippen LogP contribution in [0.3, 0.4) is 0 Å². The highest BCUT2D eigenvalue weighted by Crippen LogP contribution is 2.25. The third-order valence-corrected chi connectivity index (χ3v) is 5.53. The molecule has 2 aliphatic rings. The number of hydrogen-bond acceptors (Lipinski definition) is 8. The number of aromatic nitrogens is 2. The first-order valence-electron chi connectivity index (χ1n) is 10.6. The van der Waals surface area contributed by atoms with Gasteiger partial charge in [0.25, 0.3) is 5.91 Å². The number of morpholine rings is 1. The van der Waals surface area contributed by atoms with Crippen LogP contribution in [0.1, 0.15) is 17.7 Å². The molecule has 1 aromatic carbocycles. The second-order valence-electron chi connectivity index (χ2n) is 7.89. The minimum absolute atomic E-state index is 0.102. The van der Waals surface area contributed by atoms with E-state index in [9.17, 15) is 9.59 Å². The monoisotopic (exact) mass is 441 g/mol. The Hall–Kier alpha value is -3.24. The van der Waals surface area contributed by atoms with Crippen molar-refractivity contribution in [1.82, 2.24) is 20.5 Å². The van der Waals surface area contributed by atoms with Crippen LogP contribution in [-0.4, -0.2) is 72.0 Å². The molecule has 3 heterocycles. The Bertz CT molecular complexity index is 991. The highest BCUT2D eigenvalue weighted by atomic mass is 16.6. The van der Waals surface area contributed by atoms with E-state index in [1.165, 1.54) is 0 Å². The molecule has 170 valence electrons. The lowest BCUT2D eigenvalue weighted by atomic mass is 9.94. The van der Waals surface area contributed by atoms with Crippen LogP contribution in [0.15, 0.2) is 41.0 Å². The molecule has 1 saturated heterocycles. The van der Waals surface area contributed by atoms with Gasteiger partial charge in [0.15, 0.2) is 11.4 Å². The summed E-state index contributed by atoms with van der Waals surface area (Å²) < 4.78 is 16.5. The van der Waals surface area contributed by atoms with Gasteiger partial charge in [-0.1, -0.05) is 35.5 Å². The molecule has 0 aliphatic carbocycles. The van der Waals surface area contributed by atoms with Crippen molar-refractivity contribution < 1.29 is 23.7 Å². The van der Waals surface area contributed by atoms with Gasteiger partial charge in [0, 0.05) is 19.5 Å². The van der Waals surface area contributed by atoms with Gasteiger partial charge in [0.2, 0.25) is 5.91 Å². The average Bonchev–Trinajstić information content (AvgIpc) is 3.18. The molecule has 2 aromatic rings. The summed E-state index contributed by atoms with van der Waals surface area (Å²) in [5.41, 5.74) is 0.522. The molecular weight excluding hydrogens is 414 g/mol. The molecule has 0 bridgehead atoms. The number of benzene rings is 1. The summed E-state index contributed by atoms with van der Waals surface area (Å²) in [4.78, 5) is 27.5. The van der Waals surface area contributed by atoms with E-state index in [2.05, 4.69) is 25.6 Å². The molecule has 1 spiro atoms. The van der Waals surface area contributed by atoms with Gasteiger partial charge in [0.05, 0.1) is 19.7 Å². The molecule has 2 N–H and O–H groups in total. The summed E-state index contributed by atoms with van der Waals surface area (Å²) in [6.07, 6.45) is 5.09. The van der Waals surface area contributed by atoms with Crippen molar-refractivity contribution in [2.24, 2.45) is 0 Å². The van der Waals surface area contributed by atoms with E-state index < -0.39 is 5.60 Å². The third-order valence-electron chi connectivity index (χ3n) is 5.53. The van der Waals surface area contributed by atoms with Crippen LogP contribution in [0.25, 0.3) is 0 Å². The molecule has 10 nitrogen and oxygen atoms in total. The second-order valence-corrected chi connectivity index (χ2v) is 7.89. The van der Waals surface area contributed by atoms with E-state index >= 15 is 0 Å². The van der Waals surface area contributed by atoms with Gasteiger partial charge in [-0.05, 0) is 30.1 Å². The zero-order valence-electron chi connectivity index (χ0n) is 18.0. The van der Waals surface area contributed by atoms with Crippen LogP contribution in [-0.2, 0) is 20.7 Å². The van der Waals surface area contributed by atoms with Gasteiger partial charge in [-0.3, -0.25) is 14.5 Å². The van der Waals surface area contributed by atoms with E-state index in [0.29, 0.717) is 57.2 Å². The number of allylic oxidation sites excluding steroid dienone is 1. The van der Waals surface area contributed by atoms with E-state index in [1.807, 2.05) is 41.3 Å². The van der Waals surface area contributed by atoms with Crippen molar-refractivity contribution in [2.45, 2.75) is 25.4 Å². The summed E-state index contributed by atoms with van der Waals surface area (Å²) in [5.74, 6) is 0.659. The van der Waals surface area contributed by atoms with E-state index in [4.69, 9.17) is 9.47 Å². The van der Waals surface area contributed by atoms with Crippen molar-refractivity contribution in [3.8, 4) is 5.75 Å². The Kier molecular flexibility index (Phi) is 6.81. The van der Waals surface area contributed by atoms with Crippen molar-refractivity contribution >= 4 is 17.6 Å². The van der Waals surface area contributed by atoms with Crippen LogP contribution < -0.4 is 15.4 Å². The summed E-state index contributed by atoms with van der Waals surface area (Å²) in [6, 6.07) is 7.88. The van der Waals surface area contributed by atoms with Gasteiger partial charge in [-0.15, -0.1) is 0 Å². The lowest BCUT2D eigenvalue weighted by Gasteiger charge is -2.41. The molecule has 0 radical (unpaired) electrons. The van der Waals surface area contributed by atoms with E-state index in [-0.39, 0.29) is 18.4 Å². The van der Waals surface area contributed by atoms with Gasteiger partial charge in [0.1, 0.15) is 18.1 Å². The van der Waals surface area contributed by atoms with Crippen molar-refractivity contribution in [3.63, 3.8) is 0 Å². The lowest BCUT2D eigenvalue weighted by Crippen LogP contribution is -2.60. The van der Waals surface area contributed by atoms with Crippen LogP contribution >= 0.6 is 0 Å². The number of nitrogens with zero attached hydrogens (tertiary/aromatic N) is 3. The van der Waals surface area contributed by atoms with Crippen molar-refractivity contribution in [3.05, 3.63) is 47.7 Å². The summed E-state index contributed by atoms with van der Waals surface area (Å²) in [6.45, 7) is 3.70. The van der Waals surface area contributed by atoms with Crippen molar-refractivity contribution in [2.75, 3.05) is 44.7 Å². The molecule has 4 rings (SSSR count). The predicted molar refractivity (Wildman–Crippen MR) is 115 cm³/mol.